The van der Waals surface area contributed by atoms with Gasteiger partial charge in [0.25, 0.3) is 0 Å². The van der Waals surface area contributed by atoms with E-state index in [4.69, 9.17) is 0 Å². The van der Waals surface area contributed by atoms with Crippen LogP contribution < -0.4 is 4.90 Å². The fourth-order valence-electron chi connectivity index (χ4n) is 1.68. The maximum Gasteiger partial charge on any atom is 0.0366 e. The van der Waals surface area contributed by atoms with Gasteiger partial charge in [-0.2, -0.15) is 0 Å². The van der Waals surface area contributed by atoms with Crippen LogP contribution in [-0.2, 0) is 6.42 Å². The molecule has 0 fully saturated rings. The van der Waals surface area contributed by atoms with Crippen molar-refractivity contribution in [1.82, 2.24) is 0 Å². The molecule has 0 aliphatic heterocycles. The maximum absolute atomic E-state index is 2.42. The van der Waals surface area contributed by atoms with Gasteiger partial charge in [-0.1, -0.05) is 26.0 Å². The number of aryl methyl sites for hydroxylation is 1. The minimum Gasteiger partial charge on any atom is -0.372 e. The second-order valence-corrected chi connectivity index (χ2v) is 3.60. The molecule has 0 atom stereocenters. The first-order chi connectivity index (χ1) is 6.81. The van der Waals surface area contributed by atoms with E-state index in [2.05, 4.69) is 49.9 Å². The SMILES string of the molecule is CCCN(CC)c1ccc(CC)cc1. The summed E-state index contributed by atoms with van der Waals surface area (Å²) in [7, 11) is 0. The number of benzene rings is 1. The smallest absolute Gasteiger partial charge is 0.0366 e. The molecule has 14 heavy (non-hydrogen) atoms. The third-order valence-electron chi connectivity index (χ3n) is 2.58. The number of hydrogen-bond donors (Lipinski definition) is 0. The standard InChI is InChI=1S/C13H21N/c1-4-11-14(6-3)13-9-7-12(5-2)8-10-13/h7-10H,4-6,11H2,1-3H3. The first-order valence-corrected chi connectivity index (χ1v) is 5.65. The predicted molar refractivity (Wildman–Crippen MR) is 64.0 cm³/mol. The molecule has 1 aromatic rings. The minimum absolute atomic E-state index is 1.10. The summed E-state index contributed by atoms with van der Waals surface area (Å²) >= 11 is 0. The Kier molecular flexibility index (Phi) is 4.51. The van der Waals surface area contributed by atoms with E-state index >= 15 is 0 Å². The number of rotatable bonds is 5. The normalized spacial score (nSPS) is 10.2. The zero-order valence-corrected chi connectivity index (χ0v) is 9.59. The predicted octanol–water partition coefficient (Wildman–Crippen LogP) is 3.49. The quantitative estimate of drug-likeness (QED) is 0.688. The Balaban J connectivity index is 2.73. The molecule has 0 spiro atoms. The third-order valence-corrected chi connectivity index (χ3v) is 2.58. The monoisotopic (exact) mass is 191 g/mol. The van der Waals surface area contributed by atoms with E-state index < -0.39 is 0 Å². The Morgan fingerprint density at radius 1 is 1.00 bits per heavy atom. The van der Waals surface area contributed by atoms with Crippen molar-refractivity contribution in [2.24, 2.45) is 0 Å². The zero-order valence-electron chi connectivity index (χ0n) is 9.59. The lowest BCUT2D eigenvalue weighted by Gasteiger charge is -2.22. The maximum atomic E-state index is 2.42. The summed E-state index contributed by atoms with van der Waals surface area (Å²) in [6.07, 6.45) is 2.34. The molecule has 1 nitrogen and oxygen atoms in total. The van der Waals surface area contributed by atoms with E-state index in [1.54, 1.807) is 0 Å². The van der Waals surface area contributed by atoms with Gasteiger partial charge in [-0.05, 0) is 37.5 Å². The van der Waals surface area contributed by atoms with Gasteiger partial charge in [0.2, 0.25) is 0 Å². The van der Waals surface area contributed by atoms with Crippen LogP contribution in [0.1, 0.15) is 32.8 Å². The van der Waals surface area contributed by atoms with E-state index in [1.165, 1.54) is 17.7 Å². The third kappa shape index (κ3) is 2.76. The summed E-state index contributed by atoms with van der Waals surface area (Å²) < 4.78 is 0. The fraction of sp³-hybridized carbons (Fsp3) is 0.538. The van der Waals surface area contributed by atoms with Crippen molar-refractivity contribution in [3.8, 4) is 0 Å². The Morgan fingerprint density at radius 2 is 1.64 bits per heavy atom. The van der Waals surface area contributed by atoms with E-state index in [-0.39, 0.29) is 0 Å². The van der Waals surface area contributed by atoms with Gasteiger partial charge >= 0.3 is 0 Å². The van der Waals surface area contributed by atoms with Gasteiger partial charge in [-0.3, -0.25) is 0 Å². The zero-order chi connectivity index (χ0) is 10.4. The van der Waals surface area contributed by atoms with Crippen LogP contribution in [0.2, 0.25) is 0 Å². The molecular weight excluding hydrogens is 170 g/mol. The molecule has 0 saturated heterocycles. The topological polar surface area (TPSA) is 3.24 Å². The molecule has 1 rings (SSSR count). The lowest BCUT2D eigenvalue weighted by Crippen LogP contribution is -2.23. The van der Waals surface area contributed by atoms with Crippen LogP contribution in [0.3, 0.4) is 0 Å². The second kappa shape index (κ2) is 5.69. The van der Waals surface area contributed by atoms with Crippen LogP contribution in [0.5, 0.6) is 0 Å². The Bertz CT molecular complexity index is 250. The van der Waals surface area contributed by atoms with Gasteiger partial charge in [-0.25, -0.2) is 0 Å². The Morgan fingerprint density at radius 3 is 2.07 bits per heavy atom. The van der Waals surface area contributed by atoms with E-state index in [1.807, 2.05) is 0 Å². The highest BCUT2D eigenvalue weighted by Gasteiger charge is 2.01. The van der Waals surface area contributed by atoms with Crippen molar-refractivity contribution in [2.75, 3.05) is 18.0 Å². The van der Waals surface area contributed by atoms with Crippen molar-refractivity contribution < 1.29 is 0 Å². The van der Waals surface area contributed by atoms with Crippen molar-refractivity contribution in [1.29, 1.82) is 0 Å². The largest absolute Gasteiger partial charge is 0.372 e. The molecule has 0 bridgehead atoms. The molecule has 0 unspecified atom stereocenters. The van der Waals surface area contributed by atoms with E-state index in [0.717, 1.165) is 19.5 Å². The van der Waals surface area contributed by atoms with Crippen molar-refractivity contribution in [2.45, 2.75) is 33.6 Å². The summed E-state index contributed by atoms with van der Waals surface area (Å²) in [4.78, 5) is 2.42. The van der Waals surface area contributed by atoms with Crippen LogP contribution >= 0.6 is 0 Å². The summed E-state index contributed by atoms with van der Waals surface area (Å²) in [6, 6.07) is 8.93. The molecule has 0 N–H and O–H groups in total. The molecule has 0 aliphatic rings. The average Bonchev–Trinajstić information content (AvgIpc) is 2.26. The summed E-state index contributed by atoms with van der Waals surface area (Å²) in [5.74, 6) is 0. The summed E-state index contributed by atoms with van der Waals surface area (Å²) in [5.41, 5.74) is 2.77. The van der Waals surface area contributed by atoms with Crippen LogP contribution in [0.4, 0.5) is 5.69 Å². The average molecular weight is 191 g/mol. The molecule has 0 aromatic heterocycles. The van der Waals surface area contributed by atoms with Crippen LogP contribution in [-0.4, -0.2) is 13.1 Å². The van der Waals surface area contributed by atoms with Crippen molar-refractivity contribution in [3.63, 3.8) is 0 Å². The summed E-state index contributed by atoms with van der Waals surface area (Å²) in [6.45, 7) is 8.88. The molecule has 0 saturated carbocycles. The first-order valence-electron chi connectivity index (χ1n) is 5.65. The van der Waals surface area contributed by atoms with Crippen molar-refractivity contribution >= 4 is 5.69 Å². The highest BCUT2D eigenvalue weighted by atomic mass is 15.1. The highest BCUT2D eigenvalue weighted by molar-refractivity contribution is 5.47. The molecule has 0 radical (unpaired) electrons. The lowest BCUT2D eigenvalue weighted by molar-refractivity contribution is 0.791. The van der Waals surface area contributed by atoms with Crippen LogP contribution in [0.25, 0.3) is 0 Å². The van der Waals surface area contributed by atoms with E-state index in [9.17, 15) is 0 Å². The Hall–Kier alpha value is -0.980. The highest BCUT2D eigenvalue weighted by Crippen LogP contribution is 2.15. The van der Waals surface area contributed by atoms with Crippen LogP contribution in [0.15, 0.2) is 24.3 Å². The molecule has 1 aromatic carbocycles. The second-order valence-electron chi connectivity index (χ2n) is 3.60. The Labute approximate surface area is 87.7 Å². The minimum atomic E-state index is 1.10. The van der Waals surface area contributed by atoms with E-state index in [0.29, 0.717) is 0 Å². The molecule has 78 valence electrons. The molecule has 1 heteroatoms. The number of hydrogen-bond acceptors (Lipinski definition) is 1. The van der Waals surface area contributed by atoms with Gasteiger partial charge in [0, 0.05) is 18.8 Å². The van der Waals surface area contributed by atoms with Gasteiger partial charge in [-0.15, -0.1) is 0 Å². The summed E-state index contributed by atoms with van der Waals surface area (Å²) in [5, 5.41) is 0. The molecular formula is C13H21N. The molecule has 0 aliphatic carbocycles. The fourth-order valence-corrected chi connectivity index (χ4v) is 1.68. The van der Waals surface area contributed by atoms with Gasteiger partial charge in [0.15, 0.2) is 0 Å². The van der Waals surface area contributed by atoms with Gasteiger partial charge in [0.05, 0.1) is 0 Å². The number of anilines is 1. The van der Waals surface area contributed by atoms with Gasteiger partial charge in [0.1, 0.15) is 0 Å². The number of nitrogens with zero attached hydrogens (tertiary/aromatic N) is 1. The lowest BCUT2D eigenvalue weighted by atomic mass is 10.1. The molecule has 0 heterocycles. The van der Waals surface area contributed by atoms with Crippen molar-refractivity contribution in [3.05, 3.63) is 29.8 Å². The first kappa shape index (κ1) is 11.1. The molecule has 0 amide bonds. The van der Waals surface area contributed by atoms with Crippen LogP contribution in [0, 0.1) is 0 Å². The van der Waals surface area contributed by atoms with Gasteiger partial charge < -0.3 is 4.90 Å².